The molecule has 0 aromatic heterocycles. The monoisotopic (exact) mass is 171 g/mol. The number of ketones is 1. The zero-order valence-electron chi connectivity index (χ0n) is 7.62. The molecular formula is C9H17NO2. The average Bonchev–Trinajstić information content (AvgIpc) is 2.06. The summed E-state index contributed by atoms with van der Waals surface area (Å²) < 4.78 is 0. The molecule has 1 aliphatic heterocycles. The fraction of sp³-hybridized carbons (Fsp3) is 0.889. The molecule has 1 aliphatic rings. The lowest BCUT2D eigenvalue weighted by molar-refractivity contribution is -0.122. The van der Waals surface area contributed by atoms with Crippen molar-refractivity contribution in [1.82, 2.24) is 4.90 Å². The molecule has 0 amide bonds. The Labute approximate surface area is 73.4 Å². The van der Waals surface area contributed by atoms with E-state index in [0.29, 0.717) is 5.78 Å². The third-order valence-corrected chi connectivity index (χ3v) is 2.58. The molecule has 0 saturated carbocycles. The zero-order chi connectivity index (χ0) is 8.97. The molecule has 12 heavy (non-hydrogen) atoms. The van der Waals surface area contributed by atoms with E-state index in [1.807, 2.05) is 0 Å². The Morgan fingerprint density at radius 3 is 2.50 bits per heavy atom. The molecule has 0 aromatic carbocycles. The topological polar surface area (TPSA) is 40.5 Å². The van der Waals surface area contributed by atoms with Crippen LogP contribution in [0.15, 0.2) is 0 Å². The van der Waals surface area contributed by atoms with Gasteiger partial charge in [0.1, 0.15) is 5.78 Å². The quantitative estimate of drug-likeness (QED) is 0.663. The molecule has 1 N–H and O–H groups in total. The summed E-state index contributed by atoms with van der Waals surface area (Å²) in [5.74, 6) is 0.596. The number of rotatable bonds is 3. The second-order valence-electron chi connectivity index (χ2n) is 3.45. The van der Waals surface area contributed by atoms with E-state index in [1.54, 1.807) is 6.92 Å². The number of hydrogen-bond acceptors (Lipinski definition) is 3. The highest BCUT2D eigenvalue weighted by Gasteiger charge is 2.21. The van der Waals surface area contributed by atoms with Gasteiger partial charge in [0.15, 0.2) is 0 Å². The first-order valence-corrected chi connectivity index (χ1v) is 4.57. The van der Waals surface area contributed by atoms with Gasteiger partial charge in [-0.25, -0.2) is 0 Å². The van der Waals surface area contributed by atoms with Crippen molar-refractivity contribution < 1.29 is 9.90 Å². The third-order valence-electron chi connectivity index (χ3n) is 2.58. The summed E-state index contributed by atoms with van der Waals surface area (Å²) >= 11 is 0. The van der Waals surface area contributed by atoms with Gasteiger partial charge < -0.3 is 10.0 Å². The van der Waals surface area contributed by atoms with Gasteiger partial charge in [-0.1, -0.05) is 0 Å². The van der Waals surface area contributed by atoms with E-state index in [1.165, 1.54) is 0 Å². The summed E-state index contributed by atoms with van der Waals surface area (Å²) in [6, 6.07) is 0. The van der Waals surface area contributed by atoms with Crippen LogP contribution in [0.1, 0.15) is 19.8 Å². The Balaban J connectivity index is 2.25. The molecule has 0 aliphatic carbocycles. The van der Waals surface area contributed by atoms with E-state index in [0.717, 1.165) is 32.5 Å². The molecule has 3 heteroatoms. The Morgan fingerprint density at radius 1 is 1.50 bits per heavy atom. The molecule has 0 atom stereocenters. The van der Waals surface area contributed by atoms with Crippen LogP contribution in [0.2, 0.25) is 0 Å². The van der Waals surface area contributed by atoms with Crippen molar-refractivity contribution in [3.63, 3.8) is 0 Å². The summed E-state index contributed by atoms with van der Waals surface area (Å²) in [5, 5.41) is 8.68. The number of β-amino-alcohol motifs (C(OH)–C–C–N with tert-alkyl or cyclic N) is 1. The van der Waals surface area contributed by atoms with Crippen LogP contribution in [0.5, 0.6) is 0 Å². The number of piperidine rings is 1. The standard InChI is InChI=1S/C9H17NO2/c1-8(12)9-2-4-10(5-3-9)6-7-11/h9,11H,2-7H2,1H3. The minimum atomic E-state index is 0.227. The fourth-order valence-electron chi connectivity index (χ4n) is 1.70. The summed E-state index contributed by atoms with van der Waals surface area (Å²) in [4.78, 5) is 13.2. The van der Waals surface area contributed by atoms with Crippen molar-refractivity contribution >= 4 is 5.78 Å². The predicted molar refractivity (Wildman–Crippen MR) is 46.9 cm³/mol. The lowest BCUT2D eigenvalue weighted by atomic mass is 9.93. The van der Waals surface area contributed by atoms with Gasteiger partial charge >= 0.3 is 0 Å². The summed E-state index contributed by atoms with van der Waals surface area (Å²) in [7, 11) is 0. The Hall–Kier alpha value is -0.410. The number of hydrogen-bond donors (Lipinski definition) is 1. The maximum absolute atomic E-state index is 11.0. The number of aliphatic hydroxyl groups is 1. The molecule has 0 radical (unpaired) electrons. The van der Waals surface area contributed by atoms with Crippen LogP contribution in [-0.4, -0.2) is 42.0 Å². The van der Waals surface area contributed by atoms with E-state index in [-0.39, 0.29) is 12.5 Å². The minimum Gasteiger partial charge on any atom is -0.395 e. The van der Waals surface area contributed by atoms with Crippen LogP contribution in [0.4, 0.5) is 0 Å². The molecule has 1 rings (SSSR count). The largest absolute Gasteiger partial charge is 0.395 e. The van der Waals surface area contributed by atoms with Gasteiger partial charge in [-0.15, -0.1) is 0 Å². The molecule has 0 bridgehead atoms. The van der Waals surface area contributed by atoms with Gasteiger partial charge in [-0.05, 0) is 32.9 Å². The minimum absolute atomic E-state index is 0.227. The molecular weight excluding hydrogens is 154 g/mol. The second-order valence-corrected chi connectivity index (χ2v) is 3.45. The number of Topliss-reactive ketones (excluding diaryl/α,β-unsaturated/α-hetero) is 1. The van der Waals surface area contributed by atoms with Crippen LogP contribution in [0.25, 0.3) is 0 Å². The van der Waals surface area contributed by atoms with Crippen molar-refractivity contribution in [3.8, 4) is 0 Å². The molecule has 1 fully saturated rings. The molecule has 1 heterocycles. The number of nitrogens with zero attached hydrogens (tertiary/aromatic N) is 1. The predicted octanol–water partition coefficient (Wildman–Crippen LogP) is 0.280. The highest BCUT2D eigenvalue weighted by molar-refractivity contribution is 5.78. The highest BCUT2D eigenvalue weighted by atomic mass is 16.3. The van der Waals surface area contributed by atoms with Gasteiger partial charge in [0.05, 0.1) is 6.61 Å². The first kappa shape index (κ1) is 9.68. The van der Waals surface area contributed by atoms with Gasteiger partial charge in [-0.3, -0.25) is 4.79 Å². The van der Waals surface area contributed by atoms with Crippen LogP contribution >= 0.6 is 0 Å². The fourth-order valence-corrected chi connectivity index (χ4v) is 1.70. The van der Waals surface area contributed by atoms with Gasteiger partial charge in [0.2, 0.25) is 0 Å². The van der Waals surface area contributed by atoms with Gasteiger partial charge in [0.25, 0.3) is 0 Å². The third kappa shape index (κ3) is 2.57. The van der Waals surface area contributed by atoms with E-state index in [9.17, 15) is 4.79 Å². The number of carbonyl (C=O) groups excluding carboxylic acids is 1. The van der Waals surface area contributed by atoms with Crippen LogP contribution in [0.3, 0.4) is 0 Å². The van der Waals surface area contributed by atoms with Crippen molar-refractivity contribution in [2.45, 2.75) is 19.8 Å². The summed E-state index contributed by atoms with van der Waals surface area (Å²) in [6.45, 7) is 4.58. The zero-order valence-corrected chi connectivity index (χ0v) is 7.62. The van der Waals surface area contributed by atoms with Crippen LogP contribution in [-0.2, 0) is 4.79 Å². The number of aliphatic hydroxyl groups excluding tert-OH is 1. The normalized spacial score (nSPS) is 21.2. The van der Waals surface area contributed by atoms with E-state index in [2.05, 4.69) is 4.90 Å². The Bertz CT molecular complexity index is 151. The van der Waals surface area contributed by atoms with Gasteiger partial charge in [-0.2, -0.15) is 0 Å². The van der Waals surface area contributed by atoms with Gasteiger partial charge in [0, 0.05) is 12.5 Å². The number of carbonyl (C=O) groups is 1. The first-order chi connectivity index (χ1) is 5.74. The van der Waals surface area contributed by atoms with Crippen molar-refractivity contribution in [3.05, 3.63) is 0 Å². The maximum Gasteiger partial charge on any atom is 0.133 e. The number of likely N-dealkylation sites (tertiary alicyclic amines) is 1. The lowest BCUT2D eigenvalue weighted by Gasteiger charge is -2.29. The first-order valence-electron chi connectivity index (χ1n) is 4.57. The van der Waals surface area contributed by atoms with Crippen molar-refractivity contribution in [2.24, 2.45) is 5.92 Å². The van der Waals surface area contributed by atoms with Crippen molar-refractivity contribution in [2.75, 3.05) is 26.2 Å². The van der Waals surface area contributed by atoms with Crippen molar-refractivity contribution in [1.29, 1.82) is 0 Å². The maximum atomic E-state index is 11.0. The molecule has 0 spiro atoms. The molecule has 1 saturated heterocycles. The van der Waals surface area contributed by atoms with Crippen LogP contribution in [0, 0.1) is 5.92 Å². The van der Waals surface area contributed by atoms with E-state index >= 15 is 0 Å². The summed E-state index contributed by atoms with van der Waals surface area (Å²) in [5.41, 5.74) is 0. The SMILES string of the molecule is CC(=O)C1CCN(CCO)CC1. The molecule has 70 valence electrons. The lowest BCUT2D eigenvalue weighted by Crippen LogP contribution is -2.37. The smallest absolute Gasteiger partial charge is 0.133 e. The average molecular weight is 171 g/mol. The van der Waals surface area contributed by atoms with Crippen LogP contribution < -0.4 is 0 Å². The van der Waals surface area contributed by atoms with E-state index in [4.69, 9.17) is 5.11 Å². The second kappa shape index (κ2) is 4.58. The molecule has 0 aromatic rings. The molecule has 3 nitrogen and oxygen atoms in total. The Kier molecular flexibility index (Phi) is 3.69. The summed E-state index contributed by atoms with van der Waals surface area (Å²) in [6.07, 6.45) is 1.94. The Morgan fingerprint density at radius 2 is 2.08 bits per heavy atom. The molecule has 0 unspecified atom stereocenters. The highest BCUT2D eigenvalue weighted by Crippen LogP contribution is 2.17. The van der Waals surface area contributed by atoms with E-state index < -0.39 is 0 Å².